The average Bonchev–Trinajstić information content (AvgIpc) is 2.54. The molecule has 0 bridgehead atoms. The smallest absolute Gasteiger partial charge is 0.412 e. The number of nitrogens with one attached hydrogen (secondary N) is 2. The van der Waals surface area contributed by atoms with Crippen LogP contribution in [0.15, 0.2) is 18.2 Å². The molecule has 8 nitrogen and oxygen atoms in total. The maximum Gasteiger partial charge on any atom is 0.412 e. The Balaban J connectivity index is 2.03. The molecule has 1 saturated heterocycles. The highest BCUT2D eigenvalue weighted by molar-refractivity contribution is 5.92. The van der Waals surface area contributed by atoms with Gasteiger partial charge < -0.3 is 24.4 Å². The number of urea groups is 1. The Bertz CT molecular complexity index is 657. The van der Waals surface area contributed by atoms with Gasteiger partial charge in [0, 0.05) is 24.8 Å². The van der Waals surface area contributed by atoms with Gasteiger partial charge in [0.25, 0.3) is 0 Å². The van der Waals surface area contributed by atoms with E-state index in [1.807, 2.05) is 6.92 Å². The summed E-state index contributed by atoms with van der Waals surface area (Å²) in [5, 5.41) is 5.48. The lowest BCUT2D eigenvalue weighted by Crippen LogP contribution is -2.46. The molecule has 2 N–H and O–H groups in total. The Labute approximate surface area is 153 Å². The first-order chi connectivity index (χ1) is 12.2. The average molecular weight is 365 g/mol. The lowest BCUT2D eigenvalue weighted by Gasteiger charge is -2.31. The third kappa shape index (κ3) is 5.80. The number of amides is 3. The second kappa shape index (κ2) is 8.27. The molecule has 3 amide bonds. The molecule has 0 radical (unpaired) electrons. The first kappa shape index (κ1) is 19.8. The van der Waals surface area contributed by atoms with Gasteiger partial charge in [0.2, 0.25) is 0 Å². The topological polar surface area (TPSA) is 89.1 Å². The van der Waals surface area contributed by atoms with E-state index in [4.69, 9.17) is 14.2 Å². The van der Waals surface area contributed by atoms with E-state index in [2.05, 4.69) is 10.6 Å². The van der Waals surface area contributed by atoms with Crippen molar-refractivity contribution in [2.75, 3.05) is 37.4 Å². The Morgan fingerprint density at radius 2 is 2.00 bits per heavy atom. The number of benzene rings is 1. The fourth-order valence-electron chi connectivity index (χ4n) is 2.49. The highest BCUT2D eigenvalue weighted by Gasteiger charge is 2.22. The zero-order chi connectivity index (χ0) is 19.3. The van der Waals surface area contributed by atoms with Crippen LogP contribution < -0.4 is 15.4 Å². The molecular weight excluding hydrogens is 338 g/mol. The molecule has 0 unspecified atom stereocenters. The highest BCUT2D eigenvalue weighted by atomic mass is 16.6. The van der Waals surface area contributed by atoms with Crippen molar-refractivity contribution in [1.82, 2.24) is 4.90 Å². The molecule has 0 saturated carbocycles. The SMILES string of the molecule is COc1cc(NC(=O)N2CCO[C@@H](C)C2)ccc1NC(=O)OC(C)(C)C. The third-order valence-electron chi connectivity index (χ3n) is 3.62. The molecule has 1 aromatic rings. The van der Waals surface area contributed by atoms with Crippen LogP contribution in [0.2, 0.25) is 0 Å². The Hall–Kier alpha value is -2.48. The molecule has 1 aromatic carbocycles. The summed E-state index contributed by atoms with van der Waals surface area (Å²) in [4.78, 5) is 26.0. The van der Waals surface area contributed by atoms with Gasteiger partial charge in [0.05, 0.1) is 25.5 Å². The molecule has 1 heterocycles. The van der Waals surface area contributed by atoms with E-state index in [-0.39, 0.29) is 12.1 Å². The van der Waals surface area contributed by atoms with Crippen molar-refractivity contribution in [2.45, 2.75) is 39.4 Å². The molecule has 2 rings (SSSR count). The maximum absolute atomic E-state index is 12.4. The number of rotatable bonds is 3. The summed E-state index contributed by atoms with van der Waals surface area (Å²) in [6, 6.07) is 4.79. The quantitative estimate of drug-likeness (QED) is 0.858. The van der Waals surface area contributed by atoms with Gasteiger partial charge in [-0.3, -0.25) is 5.32 Å². The molecule has 26 heavy (non-hydrogen) atoms. The minimum atomic E-state index is -0.597. The van der Waals surface area contributed by atoms with Crippen molar-refractivity contribution in [1.29, 1.82) is 0 Å². The van der Waals surface area contributed by atoms with E-state index in [9.17, 15) is 9.59 Å². The van der Waals surface area contributed by atoms with Crippen molar-refractivity contribution in [3.05, 3.63) is 18.2 Å². The zero-order valence-electron chi connectivity index (χ0n) is 15.9. The molecule has 0 aromatic heterocycles. The summed E-state index contributed by atoms with van der Waals surface area (Å²) in [5.41, 5.74) is 0.432. The lowest BCUT2D eigenvalue weighted by atomic mass is 10.2. The maximum atomic E-state index is 12.4. The summed E-state index contributed by atoms with van der Waals surface area (Å²) in [6.45, 7) is 8.90. The number of carbonyl (C=O) groups is 2. The Morgan fingerprint density at radius 1 is 1.27 bits per heavy atom. The second-order valence-electron chi connectivity index (χ2n) is 7.10. The van der Waals surface area contributed by atoms with Gasteiger partial charge in [-0.2, -0.15) is 0 Å². The molecule has 144 valence electrons. The highest BCUT2D eigenvalue weighted by Crippen LogP contribution is 2.28. The summed E-state index contributed by atoms with van der Waals surface area (Å²) in [6.07, 6.45) is -0.556. The summed E-state index contributed by atoms with van der Waals surface area (Å²) < 4.78 is 16.0. The van der Waals surface area contributed by atoms with Crippen molar-refractivity contribution in [3.63, 3.8) is 0 Å². The van der Waals surface area contributed by atoms with Crippen molar-refractivity contribution in [2.24, 2.45) is 0 Å². The number of carbonyl (C=O) groups excluding carboxylic acids is 2. The molecule has 8 heteroatoms. The van der Waals surface area contributed by atoms with Crippen LogP contribution in [-0.4, -0.2) is 55.5 Å². The molecule has 0 spiro atoms. The van der Waals surface area contributed by atoms with Crippen LogP contribution >= 0.6 is 0 Å². The summed E-state index contributed by atoms with van der Waals surface area (Å²) >= 11 is 0. The van der Waals surface area contributed by atoms with Crippen molar-refractivity contribution < 1.29 is 23.8 Å². The van der Waals surface area contributed by atoms with E-state index in [0.717, 1.165) is 0 Å². The van der Waals surface area contributed by atoms with Crippen LogP contribution in [0.3, 0.4) is 0 Å². The van der Waals surface area contributed by atoms with Gasteiger partial charge in [0.1, 0.15) is 11.4 Å². The third-order valence-corrected chi connectivity index (χ3v) is 3.62. The summed E-state index contributed by atoms with van der Waals surface area (Å²) in [7, 11) is 1.49. The number of anilines is 2. The van der Waals surface area contributed by atoms with Crippen LogP contribution in [0.5, 0.6) is 5.75 Å². The fraction of sp³-hybridized carbons (Fsp3) is 0.556. The van der Waals surface area contributed by atoms with Gasteiger partial charge in [-0.1, -0.05) is 0 Å². The standard InChI is InChI=1S/C18H27N3O5/c1-12-11-21(8-9-25-12)16(22)19-13-6-7-14(15(10-13)24-5)20-17(23)26-18(2,3)4/h6-7,10,12H,8-9,11H2,1-5H3,(H,19,22)(H,20,23)/t12-/m0/s1. The Kier molecular flexibility index (Phi) is 6.31. The first-order valence-corrected chi connectivity index (χ1v) is 8.53. The number of hydrogen-bond acceptors (Lipinski definition) is 5. The van der Waals surface area contributed by atoms with Gasteiger partial charge in [-0.15, -0.1) is 0 Å². The summed E-state index contributed by atoms with van der Waals surface area (Å²) in [5.74, 6) is 0.420. The van der Waals surface area contributed by atoms with Gasteiger partial charge in [-0.25, -0.2) is 9.59 Å². The lowest BCUT2D eigenvalue weighted by molar-refractivity contribution is -0.00138. The number of nitrogens with zero attached hydrogens (tertiary/aromatic N) is 1. The predicted molar refractivity (Wildman–Crippen MR) is 98.9 cm³/mol. The minimum Gasteiger partial charge on any atom is -0.494 e. The Morgan fingerprint density at radius 3 is 2.62 bits per heavy atom. The molecule has 1 fully saturated rings. The molecule has 1 atom stereocenters. The molecule has 1 aliphatic rings. The van der Waals surface area contributed by atoms with Crippen LogP contribution in [0.1, 0.15) is 27.7 Å². The second-order valence-corrected chi connectivity index (χ2v) is 7.10. The van der Waals surface area contributed by atoms with Crippen molar-refractivity contribution >= 4 is 23.5 Å². The first-order valence-electron chi connectivity index (χ1n) is 8.53. The normalized spacial score (nSPS) is 17.4. The van der Waals surface area contributed by atoms with E-state index in [1.54, 1.807) is 43.9 Å². The monoisotopic (exact) mass is 365 g/mol. The van der Waals surface area contributed by atoms with Crippen LogP contribution in [0.25, 0.3) is 0 Å². The van der Waals surface area contributed by atoms with Crippen LogP contribution in [-0.2, 0) is 9.47 Å². The zero-order valence-corrected chi connectivity index (χ0v) is 15.9. The molecule has 0 aliphatic carbocycles. The number of ether oxygens (including phenoxy) is 3. The van der Waals surface area contributed by atoms with Crippen LogP contribution in [0, 0.1) is 0 Å². The number of morpholine rings is 1. The van der Waals surface area contributed by atoms with Gasteiger partial charge in [0.15, 0.2) is 0 Å². The van der Waals surface area contributed by atoms with Gasteiger partial charge >= 0.3 is 12.1 Å². The molecule has 1 aliphatic heterocycles. The van der Waals surface area contributed by atoms with E-state index >= 15 is 0 Å². The largest absolute Gasteiger partial charge is 0.494 e. The number of hydrogen-bond donors (Lipinski definition) is 2. The van der Waals surface area contributed by atoms with Gasteiger partial charge in [-0.05, 0) is 39.8 Å². The molecular formula is C18H27N3O5. The van der Waals surface area contributed by atoms with Crippen molar-refractivity contribution in [3.8, 4) is 5.75 Å². The fourth-order valence-corrected chi connectivity index (χ4v) is 2.49. The van der Waals surface area contributed by atoms with E-state index < -0.39 is 11.7 Å². The number of methoxy groups -OCH3 is 1. The van der Waals surface area contributed by atoms with Crippen LogP contribution in [0.4, 0.5) is 21.0 Å². The van der Waals surface area contributed by atoms with E-state index in [1.165, 1.54) is 7.11 Å². The van der Waals surface area contributed by atoms with E-state index in [0.29, 0.717) is 36.8 Å². The predicted octanol–water partition coefficient (Wildman–Crippen LogP) is 3.29. The minimum absolute atomic E-state index is 0.0180.